The number of hydrogen-bond acceptors (Lipinski definition) is 19. The molecule has 0 aromatic heterocycles. The molecule has 1 N–H and O–H groups in total. The lowest BCUT2D eigenvalue weighted by Gasteiger charge is -2.06. The molecule has 0 unspecified atom stereocenters. The van der Waals surface area contributed by atoms with Crippen LogP contribution in [-0.4, -0.2) is 121 Å². The van der Waals surface area contributed by atoms with E-state index < -0.39 is 0 Å². The Hall–Kier alpha value is -10.3. The minimum absolute atomic E-state index is 0.0160. The van der Waals surface area contributed by atoms with E-state index in [9.17, 15) is 67.1 Å². The fraction of sp³-hybridized carbons (Fsp3) is 0.138. The van der Waals surface area contributed by atoms with Gasteiger partial charge in [0.25, 0.3) is 0 Å². The van der Waals surface area contributed by atoms with Gasteiger partial charge in [-0.05, 0) is 90.7 Å². The summed E-state index contributed by atoms with van der Waals surface area (Å²) in [5.41, 5.74) is 6.50. The number of ether oxygens (including phenoxy) is 4. The van der Waals surface area contributed by atoms with Crippen LogP contribution >= 0.6 is 0 Å². The number of esters is 2. The Balaban J connectivity index is 0.000000465. The maximum absolute atomic E-state index is 11.0. The summed E-state index contributed by atoms with van der Waals surface area (Å²) in [5.74, 6) is 0.492. The zero-order chi connectivity index (χ0) is 57.7. The molecule has 0 saturated heterocycles. The van der Waals surface area contributed by atoms with E-state index in [0.717, 1.165) is 11.1 Å². The van der Waals surface area contributed by atoms with Crippen molar-refractivity contribution in [3.8, 4) is 17.2 Å². The van der Waals surface area contributed by atoms with E-state index in [1.54, 1.807) is 72.8 Å². The Bertz CT molecular complexity index is 3020. The summed E-state index contributed by atoms with van der Waals surface area (Å²) < 4.78 is 18.9. The van der Waals surface area contributed by atoms with Gasteiger partial charge in [-0.15, -0.1) is 0 Å². The number of benzene rings is 6. The van der Waals surface area contributed by atoms with Crippen LogP contribution in [0.3, 0.4) is 0 Å². The third-order valence-corrected chi connectivity index (χ3v) is 10.2. The van der Waals surface area contributed by atoms with Gasteiger partial charge in [0, 0.05) is 73.2 Å². The lowest BCUT2D eigenvalue weighted by atomic mass is 10.0. The molecule has 0 bridgehead atoms. The van der Waals surface area contributed by atoms with E-state index in [4.69, 9.17) is 14.6 Å². The average Bonchev–Trinajstić information content (AvgIpc) is 3.48. The van der Waals surface area contributed by atoms with Crippen molar-refractivity contribution in [3.63, 3.8) is 0 Å². The van der Waals surface area contributed by atoms with Gasteiger partial charge in [0.15, 0.2) is 75.4 Å². The number of phenols is 1. The second-order valence-electron chi connectivity index (χ2n) is 15.1. The number of hydrogen-bond donors (Lipinski definition) is 1. The summed E-state index contributed by atoms with van der Waals surface area (Å²) in [6.45, 7) is 1.82. The van der Waals surface area contributed by atoms with Crippen LogP contribution in [0.1, 0.15) is 147 Å². The quantitative estimate of drug-likeness (QED) is 0.0599. The zero-order valence-corrected chi connectivity index (χ0v) is 42.2. The summed E-state index contributed by atoms with van der Waals surface area (Å²) in [5, 5.41) is 8.89. The van der Waals surface area contributed by atoms with Crippen molar-refractivity contribution in [2.75, 3.05) is 28.4 Å². The number of aldehydes is 12. The molecule has 0 saturated carbocycles. The van der Waals surface area contributed by atoms with Crippen LogP contribution in [-0.2, 0) is 31.9 Å². The molecule has 19 nitrogen and oxygen atoms in total. The first kappa shape index (κ1) is 64.7. The number of aromatic hydroxyl groups is 1. The van der Waals surface area contributed by atoms with Crippen molar-refractivity contribution in [2.24, 2.45) is 0 Å². The Morgan fingerprint density at radius 3 is 1.18 bits per heavy atom. The lowest BCUT2D eigenvalue weighted by Crippen LogP contribution is -2.05. The molecule has 0 radical (unpaired) electrons. The van der Waals surface area contributed by atoms with Crippen LogP contribution < -0.4 is 9.47 Å². The standard InChI is InChI=1S/C12H12O4.C11H10O4.C10H10O3.C9H8O3.C8H6O3.C8H6O2/c1-16-12(15)5-3-9-2-4-10(7-13)11(6-9)8-14;1-15-11(14)5-8-2-3-9(6-12)10(4-8)7-13;1-7-3-8(5-11)9(6-12)4-10(7)13-2;1-12-9-3-2-7(5-10)8(4-9)6-11;9-4-6-1-2-8(11)3-7(6)5-10;9-5-7-3-1-2-4-8(7)6-10/h2,4,6-8H,3,5H2,1H3;2-4,6-7H,5H2,1H3;3-6H,1-2H3;2-6H,1H3;1-5,11H;1-6H. The molecule has 0 fully saturated rings. The molecular weight excluding hydrogens is 1000 g/mol. The molecule has 6 rings (SSSR count). The first-order valence-electron chi connectivity index (χ1n) is 22.2. The number of methoxy groups -OCH3 is 4. The predicted molar refractivity (Wildman–Crippen MR) is 279 cm³/mol. The molecule has 0 spiro atoms. The van der Waals surface area contributed by atoms with Gasteiger partial charge < -0.3 is 24.1 Å². The highest BCUT2D eigenvalue weighted by Crippen LogP contribution is 2.21. The Labute approximate surface area is 441 Å². The van der Waals surface area contributed by atoms with Gasteiger partial charge in [-0.25, -0.2) is 0 Å². The summed E-state index contributed by atoms with van der Waals surface area (Å²) in [6.07, 6.45) is 8.32. The highest BCUT2D eigenvalue weighted by atomic mass is 16.5. The van der Waals surface area contributed by atoms with Crippen molar-refractivity contribution < 1.29 is 91.2 Å². The number of rotatable bonds is 19. The van der Waals surface area contributed by atoms with E-state index in [2.05, 4.69) is 9.47 Å². The Morgan fingerprint density at radius 1 is 0.390 bits per heavy atom. The van der Waals surface area contributed by atoms with Crippen molar-refractivity contribution in [2.45, 2.75) is 26.2 Å². The number of carbonyl (C=O) groups is 14. The highest BCUT2D eigenvalue weighted by molar-refractivity contribution is 5.94. The van der Waals surface area contributed by atoms with Crippen LogP contribution in [0.25, 0.3) is 0 Å². The zero-order valence-electron chi connectivity index (χ0n) is 42.2. The number of aryl methyl sites for hydroxylation is 2. The molecule has 0 heterocycles. The molecule has 0 aliphatic carbocycles. The first-order valence-corrected chi connectivity index (χ1v) is 22.2. The number of phenolic OH excluding ortho intramolecular Hbond substituents is 1. The molecule has 0 atom stereocenters. The monoisotopic (exact) mass is 1050 g/mol. The van der Waals surface area contributed by atoms with Crippen LogP contribution in [0.2, 0.25) is 0 Å². The van der Waals surface area contributed by atoms with E-state index >= 15 is 0 Å². The van der Waals surface area contributed by atoms with Crippen LogP contribution in [0.4, 0.5) is 0 Å². The molecule has 398 valence electrons. The second-order valence-corrected chi connectivity index (χ2v) is 15.1. The molecule has 19 heteroatoms. The minimum atomic E-state index is -0.384. The molecule has 0 aliphatic heterocycles. The van der Waals surface area contributed by atoms with Gasteiger partial charge in [0.1, 0.15) is 17.2 Å². The molecule has 0 aliphatic rings. The van der Waals surface area contributed by atoms with E-state index in [-0.39, 0.29) is 47.2 Å². The van der Waals surface area contributed by atoms with Gasteiger partial charge >= 0.3 is 11.9 Å². The van der Waals surface area contributed by atoms with Crippen LogP contribution in [0, 0.1) is 6.92 Å². The molecular formula is C58H52O19. The molecule has 77 heavy (non-hydrogen) atoms. The lowest BCUT2D eigenvalue weighted by molar-refractivity contribution is -0.141. The average molecular weight is 1050 g/mol. The fourth-order valence-electron chi connectivity index (χ4n) is 6.06. The normalized spacial score (nSPS) is 9.26. The fourth-order valence-corrected chi connectivity index (χ4v) is 6.06. The first-order chi connectivity index (χ1) is 37.1. The third-order valence-electron chi connectivity index (χ3n) is 10.2. The largest absolute Gasteiger partial charge is 0.508 e. The van der Waals surface area contributed by atoms with Crippen LogP contribution in [0.15, 0.2) is 109 Å². The smallest absolute Gasteiger partial charge is 0.309 e. The maximum Gasteiger partial charge on any atom is 0.309 e. The number of carbonyl (C=O) groups excluding carboxylic acids is 14. The van der Waals surface area contributed by atoms with Gasteiger partial charge in [0.05, 0.1) is 34.9 Å². The molecule has 6 aromatic rings. The summed E-state index contributed by atoms with van der Waals surface area (Å²) in [7, 11) is 5.65. The van der Waals surface area contributed by atoms with Gasteiger partial charge in [0.2, 0.25) is 0 Å². The van der Waals surface area contributed by atoms with Crippen molar-refractivity contribution in [1.82, 2.24) is 0 Å². The van der Waals surface area contributed by atoms with Gasteiger partial charge in [-0.2, -0.15) is 0 Å². The molecule has 0 amide bonds. The van der Waals surface area contributed by atoms with Crippen molar-refractivity contribution in [1.29, 1.82) is 0 Å². The van der Waals surface area contributed by atoms with Crippen molar-refractivity contribution in [3.05, 3.63) is 193 Å². The predicted octanol–water partition coefficient (Wildman–Crippen LogP) is 7.72. The SMILES string of the molecule is COC(=O)CCc1ccc(C=O)c(C=O)c1.COC(=O)Cc1ccc(C=O)c(C=O)c1.COc1cc(C=O)c(C=O)cc1C.COc1ccc(C=O)c(C=O)c1.O=Cc1ccc(O)cc1C=O.O=Cc1ccccc1C=O. The summed E-state index contributed by atoms with van der Waals surface area (Å²) in [4.78, 5) is 147. The van der Waals surface area contributed by atoms with Gasteiger partial charge in [-0.3, -0.25) is 67.1 Å². The van der Waals surface area contributed by atoms with E-state index in [0.29, 0.717) is 149 Å². The summed E-state index contributed by atoms with van der Waals surface area (Å²) >= 11 is 0. The summed E-state index contributed by atoms with van der Waals surface area (Å²) in [6, 6.07) is 28.1. The van der Waals surface area contributed by atoms with Crippen LogP contribution in [0.5, 0.6) is 17.2 Å². The minimum Gasteiger partial charge on any atom is -0.508 e. The maximum atomic E-state index is 11.0. The van der Waals surface area contributed by atoms with E-state index in [1.807, 2.05) is 6.92 Å². The third kappa shape index (κ3) is 22.2. The highest BCUT2D eigenvalue weighted by Gasteiger charge is 2.09. The van der Waals surface area contributed by atoms with E-state index in [1.165, 1.54) is 64.8 Å². The topological polar surface area (TPSA) is 296 Å². The Kier molecular flexibility index (Phi) is 30.8. The Morgan fingerprint density at radius 2 is 0.753 bits per heavy atom. The van der Waals surface area contributed by atoms with Crippen molar-refractivity contribution >= 4 is 87.4 Å². The van der Waals surface area contributed by atoms with Gasteiger partial charge in [-0.1, -0.05) is 48.5 Å². The molecule has 6 aromatic carbocycles. The second kappa shape index (κ2) is 36.6.